The van der Waals surface area contributed by atoms with Crippen molar-refractivity contribution >= 4 is 23.4 Å². The zero-order chi connectivity index (χ0) is 13.0. The molecule has 1 aromatic rings. The first-order valence-corrected chi connectivity index (χ1v) is 6.19. The van der Waals surface area contributed by atoms with Crippen molar-refractivity contribution < 1.29 is 4.92 Å². The summed E-state index contributed by atoms with van der Waals surface area (Å²) < 4.78 is 0. The summed E-state index contributed by atoms with van der Waals surface area (Å²) in [5.41, 5.74) is -0.0403. The van der Waals surface area contributed by atoms with E-state index in [4.69, 9.17) is 0 Å². The first-order valence-electron chi connectivity index (χ1n) is 5.31. The smallest absolute Gasteiger partial charge is 0.319 e. The number of nitrogens with zero attached hydrogens (tertiary/aromatic N) is 3. The molecule has 0 aliphatic carbocycles. The molecule has 6 nitrogen and oxygen atoms in total. The molecule has 0 aromatic carbocycles. The lowest BCUT2D eigenvalue weighted by Gasteiger charge is -2.14. The Morgan fingerprint density at radius 1 is 1.47 bits per heavy atom. The van der Waals surface area contributed by atoms with Gasteiger partial charge < -0.3 is 5.32 Å². The highest BCUT2D eigenvalue weighted by atomic mass is 32.2. The summed E-state index contributed by atoms with van der Waals surface area (Å²) in [6.07, 6.45) is 1.24. The predicted molar refractivity (Wildman–Crippen MR) is 68.4 cm³/mol. The fraction of sp³-hybridized carbons (Fsp3) is 0.600. The van der Waals surface area contributed by atoms with Crippen LogP contribution >= 0.6 is 11.8 Å². The van der Waals surface area contributed by atoms with E-state index in [2.05, 4.69) is 29.1 Å². The molecule has 1 unspecified atom stereocenters. The number of aromatic nitrogens is 2. The Hall–Kier alpha value is -1.37. The van der Waals surface area contributed by atoms with Crippen LogP contribution in [-0.2, 0) is 0 Å². The van der Waals surface area contributed by atoms with Crippen molar-refractivity contribution in [1.29, 1.82) is 0 Å². The van der Waals surface area contributed by atoms with Crippen molar-refractivity contribution in [2.24, 2.45) is 5.92 Å². The van der Waals surface area contributed by atoms with Crippen LogP contribution in [0.5, 0.6) is 0 Å². The van der Waals surface area contributed by atoms with E-state index >= 15 is 0 Å². The van der Waals surface area contributed by atoms with Crippen molar-refractivity contribution in [2.45, 2.75) is 31.0 Å². The molecule has 0 radical (unpaired) electrons. The number of hydrogen-bond donors (Lipinski definition) is 1. The zero-order valence-corrected chi connectivity index (χ0v) is 11.1. The Labute approximate surface area is 104 Å². The van der Waals surface area contributed by atoms with E-state index in [0.717, 1.165) is 0 Å². The molecule has 1 rings (SSSR count). The lowest BCUT2D eigenvalue weighted by Crippen LogP contribution is -2.08. The summed E-state index contributed by atoms with van der Waals surface area (Å²) >= 11 is 1.40. The van der Waals surface area contributed by atoms with Crippen LogP contribution in [0.15, 0.2) is 11.2 Å². The van der Waals surface area contributed by atoms with Gasteiger partial charge in [0.2, 0.25) is 5.95 Å². The third-order valence-electron chi connectivity index (χ3n) is 2.39. The van der Waals surface area contributed by atoms with E-state index in [1.807, 2.05) is 6.92 Å². The van der Waals surface area contributed by atoms with Crippen molar-refractivity contribution in [3.63, 3.8) is 0 Å². The standard InChI is InChI=1S/C10H16N4O2S/c1-6(2)7(3)17-9-8(14(15)16)5-12-10(11-4)13-9/h5-7H,1-4H3,(H,11,12,13). The van der Waals surface area contributed by atoms with Gasteiger partial charge >= 0.3 is 5.69 Å². The van der Waals surface area contributed by atoms with Crippen molar-refractivity contribution in [3.05, 3.63) is 16.3 Å². The highest BCUT2D eigenvalue weighted by Crippen LogP contribution is 2.33. The van der Waals surface area contributed by atoms with Crippen LogP contribution in [0.25, 0.3) is 0 Å². The normalized spacial score (nSPS) is 12.5. The fourth-order valence-corrected chi connectivity index (χ4v) is 2.02. The molecule has 1 heterocycles. The van der Waals surface area contributed by atoms with Crippen LogP contribution in [0.1, 0.15) is 20.8 Å². The Morgan fingerprint density at radius 3 is 2.59 bits per heavy atom. The maximum absolute atomic E-state index is 10.9. The van der Waals surface area contributed by atoms with Gasteiger partial charge in [0.1, 0.15) is 6.20 Å². The number of anilines is 1. The van der Waals surface area contributed by atoms with Gasteiger partial charge in [-0.05, 0) is 5.92 Å². The van der Waals surface area contributed by atoms with Gasteiger partial charge in [0.05, 0.1) is 4.92 Å². The molecule has 0 saturated carbocycles. The fourth-order valence-electron chi connectivity index (χ4n) is 1.00. The Balaban J connectivity index is 3.05. The minimum atomic E-state index is -0.450. The molecule has 1 aromatic heterocycles. The van der Waals surface area contributed by atoms with Gasteiger partial charge in [0, 0.05) is 12.3 Å². The van der Waals surface area contributed by atoms with Crippen molar-refractivity contribution in [1.82, 2.24) is 9.97 Å². The molecule has 0 aliphatic rings. The minimum Gasteiger partial charge on any atom is -0.357 e. The molecule has 0 fully saturated rings. The monoisotopic (exact) mass is 256 g/mol. The summed E-state index contributed by atoms with van der Waals surface area (Å²) in [6.45, 7) is 6.17. The first-order chi connectivity index (χ1) is 7.95. The Morgan fingerprint density at radius 2 is 2.12 bits per heavy atom. The second-order valence-electron chi connectivity index (χ2n) is 3.96. The number of thioether (sulfide) groups is 1. The molecular formula is C10H16N4O2S. The van der Waals surface area contributed by atoms with E-state index < -0.39 is 4.92 Å². The van der Waals surface area contributed by atoms with Gasteiger partial charge in [-0.2, -0.15) is 4.98 Å². The molecule has 1 atom stereocenters. The van der Waals surface area contributed by atoms with Crippen LogP contribution in [0.2, 0.25) is 0 Å². The average molecular weight is 256 g/mol. The van der Waals surface area contributed by atoms with E-state index in [1.54, 1.807) is 7.05 Å². The molecule has 0 amide bonds. The second kappa shape index (κ2) is 5.81. The van der Waals surface area contributed by atoms with Gasteiger partial charge in [0.25, 0.3) is 0 Å². The Kier molecular flexibility index (Phi) is 4.68. The van der Waals surface area contributed by atoms with Gasteiger partial charge in [-0.15, -0.1) is 0 Å². The van der Waals surface area contributed by atoms with Crippen LogP contribution < -0.4 is 5.32 Å². The van der Waals surface area contributed by atoms with Crippen molar-refractivity contribution in [2.75, 3.05) is 12.4 Å². The van der Waals surface area contributed by atoms with E-state index in [9.17, 15) is 10.1 Å². The number of nitro groups is 1. The third-order valence-corrected chi connectivity index (χ3v) is 3.83. The van der Waals surface area contributed by atoms with Gasteiger partial charge in [-0.25, -0.2) is 4.98 Å². The molecule has 0 spiro atoms. The molecule has 0 saturated heterocycles. The summed E-state index contributed by atoms with van der Waals surface area (Å²) in [6, 6.07) is 0. The largest absolute Gasteiger partial charge is 0.357 e. The number of nitrogens with one attached hydrogen (secondary N) is 1. The first kappa shape index (κ1) is 13.7. The van der Waals surface area contributed by atoms with Crippen molar-refractivity contribution in [3.8, 4) is 0 Å². The molecule has 17 heavy (non-hydrogen) atoms. The molecular weight excluding hydrogens is 240 g/mol. The summed E-state index contributed by atoms with van der Waals surface area (Å²) in [5.74, 6) is 0.821. The molecule has 0 bridgehead atoms. The highest BCUT2D eigenvalue weighted by molar-refractivity contribution is 8.00. The quantitative estimate of drug-likeness (QED) is 0.377. The minimum absolute atomic E-state index is 0.0403. The third kappa shape index (κ3) is 3.55. The second-order valence-corrected chi connectivity index (χ2v) is 5.32. The molecule has 1 N–H and O–H groups in total. The molecule has 7 heteroatoms. The highest BCUT2D eigenvalue weighted by Gasteiger charge is 2.21. The average Bonchev–Trinajstić information content (AvgIpc) is 2.28. The lowest BCUT2D eigenvalue weighted by atomic mass is 10.2. The summed E-state index contributed by atoms with van der Waals surface area (Å²) in [7, 11) is 1.68. The zero-order valence-electron chi connectivity index (χ0n) is 10.3. The van der Waals surface area contributed by atoms with E-state index in [0.29, 0.717) is 16.9 Å². The van der Waals surface area contributed by atoms with Crippen LogP contribution in [0, 0.1) is 16.0 Å². The number of hydrogen-bond acceptors (Lipinski definition) is 6. The number of rotatable bonds is 5. The van der Waals surface area contributed by atoms with Crippen LogP contribution in [0.3, 0.4) is 0 Å². The molecule has 0 aliphatic heterocycles. The van der Waals surface area contributed by atoms with Crippen LogP contribution in [0.4, 0.5) is 11.6 Å². The van der Waals surface area contributed by atoms with Gasteiger partial charge in [-0.1, -0.05) is 32.5 Å². The Bertz CT molecular complexity index is 411. The van der Waals surface area contributed by atoms with E-state index in [1.165, 1.54) is 18.0 Å². The van der Waals surface area contributed by atoms with E-state index in [-0.39, 0.29) is 10.9 Å². The maximum atomic E-state index is 10.9. The van der Waals surface area contributed by atoms with Crippen LogP contribution in [-0.4, -0.2) is 27.2 Å². The molecule has 94 valence electrons. The summed E-state index contributed by atoms with van der Waals surface area (Å²) in [5, 5.41) is 14.3. The van der Waals surface area contributed by atoms with Gasteiger partial charge in [0.15, 0.2) is 5.03 Å². The summed E-state index contributed by atoms with van der Waals surface area (Å²) in [4.78, 5) is 18.4. The predicted octanol–water partition coefficient (Wildman–Crippen LogP) is 2.56. The lowest BCUT2D eigenvalue weighted by molar-refractivity contribution is -0.388. The maximum Gasteiger partial charge on any atom is 0.319 e. The SMILES string of the molecule is CNc1ncc([N+](=O)[O-])c(SC(C)C(C)C)n1. The van der Waals surface area contributed by atoms with Gasteiger partial charge in [-0.3, -0.25) is 10.1 Å². The topological polar surface area (TPSA) is 81.0 Å².